The number of benzene rings is 1. The molecule has 2 rings (SSSR count). The minimum Gasteiger partial charge on any atom is -0.347 e. The molecule has 0 spiro atoms. The SMILES string of the molecule is CCCc1ccc(S(=O)(=O)NC(CC)c2ncc[nH]2)cc1. The molecule has 2 aromatic rings. The molecule has 0 saturated carbocycles. The van der Waals surface area contributed by atoms with Crippen LogP contribution in [0, 0.1) is 0 Å². The number of sulfonamides is 1. The van der Waals surface area contributed by atoms with Crippen molar-refractivity contribution in [3.8, 4) is 0 Å². The highest BCUT2D eigenvalue weighted by atomic mass is 32.2. The second-order valence-corrected chi connectivity index (χ2v) is 6.66. The fourth-order valence-electron chi connectivity index (χ4n) is 2.18. The maximum absolute atomic E-state index is 12.4. The molecule has 1 atom stereocenters. The quantitative estimate of drug-likeness (QED) is 0.826. The van der Waals surface area contributed by atoms with E-state index in [0.29, 0.717) is 12.2 Å². The van der Waals surface area contributed by atoms with Crippen LogP contribution >= 0.6 is 0 Å². The molecule has 2 N–H and O–H groups in total. The molecule has 0 radical (unpaired) electrons. The number of hydrogen-bond donors (Lipinski definition) is 2. The van der Waals surface area contributed by atoms with Crippen LogP contribution in [-0.4, -0.2) is 18.4 Å². The zero-order valence-electron chi connectivity index (χ0n) is 12.3. The molecule has 114 valence electrons. The van der Waals surface area contributed by atoms with E-state index in [4.69, 9.17) is 0 Å². The van der Waals surface area contributed by atoms with Gasteiger partial charge in [-0.25, -0.2) is 18.1 Å². The first-order valence-electron chi connectivity index (χ1n) is 7.17. The van der Waals surface area contributed by atoms with Gasteiger partial charge in [-0.15, -0.1) is 0 Å². The first-order valence-corrected chi connectivity index (χ1v) is 8.65. The fourth-order valence-corrected chi connectivity index (χ4v) is 3.46. The summed E-state index contributed by atoms with van der Waals surface area (Å²) in [6.07, 6.45) is 5.93. The van der Waals surface area contributed by atoms with E-state index in [2.05, 4.69) is 21.6 Å². The van der Waals surface area contributed by atoms with Crippen LogP contribution in [0.4, 0.5) is 0 Å². The number of aromatic amines is 1. The lowest BCUT2D eigenvalue weighted by Gasteiger charge is -2.15. The molecule has 6 heteroatoms. The van der Waals surface area contributed by atoms with Crippen molar-refractivity contribution in [2.75, 3.05) is 0 Å². The number of rotatable bonds is 7. The van der Waals surface area contributed by atoms with Gasteiger partial charge in [0.25, 0.3) is 0 Å². The van der Waals surface area contributed by atoms with Gasteiger partial charge in [-0.3, -0.25) is 0 Å². The van der Waals surface area contributed by atoms with Crippen molar-refractivity contribution in [1.29, 1.82) is 0 Å². The Morgan fingerprint density at radius 2 is 1.95 bits per heavy atom. The van der Waals surface area contributed by atoms with E-state index in [-0.39, 0.29) is 10.9 Å². The number of hydrogen-bond acceptors (Lipinski definition) is 3. The number of H-pyrrole nitrogens is 1. The first kappa shape index (κ1) is 15.7. The molecular formula is C15H21N3O2S. The maximum atomic E-state index is 12.4. The van der Waals surface area contributed by atoms with E-state index < -0.39 is 10.0 Å². The third kappa shape index (κ3) is 3.92. The van der Waals surface area contributed by atoms with Gasteiger partial charge in [-0.05, 0) is 30.5 Å². The summed E-state index contributed by atoms with van der Waals surface area (Å²) in [6, 6.07) is 6.70. The molecule has 21 heavy (non-hydrogen) atoms. The van der Waals surface area contributed by atoms with Crippen molar-refractivity contribution in [3.63, 3.8) is 0 Å². The average molecular weight is 307 g/mol. The van der Waals surface area contributed by atoms with Gasteiger partial charge in [0, 0.05) is 12.4 Å². The Hall–Kier alpha value is -1.66. The van der Waals surface area contributed by atoms with Gasteiger partial charge < -0.3 is 4.98 Å². The summed E-state index contributed by atoms with van der Waals surface area (Å²) in [5.41, 5.74) is 1.15. The van der Waals surface area contributed by atoms with Crippen molar-refractivity contribution in [3.05, 3.63) is 48.0 Å². The summed E-state index contributed by atoms with van der Waals surface area (Å²) in [5.74, 6) is 0.628. The number of imidazole rings is 1. The molecule has 1 heterocycles. The molecule has 1 unspecified atom stereocenters. The Labute approximate surface area is 125 Å². The number of nitrogens with zero attached hydrogens (tertiary/aromatic N) is 1. The smallest absolute Gasteiger partial charge is 0.241 e. The summed E-state index contributed by atoms with van der Waals surface area (Å²) in [4.78, 5) is 7.36. The van der Waals surface area contributed by atoms with E-state index in [1.54, 1.807) is 24.5 Å². The highest BCUT2D eigenvalue weighted by Gasteiger charge is 2.21. The van der Waals surface area contributed by atoms with Gasteiger partial charge in [-0.2, -0.15) is 0 Å². The van der Waals surface area contributed by atoms with Crippen molar-refractivity contribution in [2.45, 2.75) is 44.0 Å². The summed E-state index contributed by atoms with van der Waals surface area (Å²) in [6.45, 7) is 4.02. The minimum absolute atomic E-state index is 0.285. The van der Waals surface area contributed by atoms with Crippen molar-refractivity contribution in [1.82, 2.24) is 14.7 Å². The van der Waals surface area contributed by atoms with Crippen molar-refractivity contribution >= 4 is 10.0 Å². The maximum Gasteiger partial charge on any atom is 0.241 e. The molecule has 1 aromatic heterocycles. The van der Waals surface area contributed by atoms with Gasteiger partial charge in [0.2, 0.25) is 10.0 Å². The molecule has 1 aromatic carbocycles. The van der Waals surface area contributed by atoms with Crippen LogP contribution in [0.25, 0.3) is 0 Å². The Balaban J connectivity index is 2.17. The molecule has 0 aliphatic carbocycles. The molecular weight excluding hydrogens is 286 g/mol. The predicted octanol–water partition coefficient (Wildman–Crippen LogP) is 2.79. The number of aromatic nitrogens is 2. The zero-order valence-corrected chi connectivity index (χ0v) is 13.2. The van der Waals surface area contributed by atoms with Gasteiger partial charge in [0.15, 0.2) is 0 Å². The van der Waals surface area contributed by atoms with E-state index in [0.717, 1.165) is 18.4 Å². The molecule has 0 aliphatic heterocycles. The van der Waals surface area contributed by atoms with Gasteiger partial charge in [0.1, 0.15) is 5.82 Å². The lowest BCUT2D eigenvalue weighted by atomic mass is 10.1. The Bertz CT molecular complexity index is 649. The van der Waals surface area contributed by atoms with Crippen LogP contribution in [-0.2, 0) is 16.4 Å². The highest BCUT2D eigenvalue weighted by Crippen LogP contribution is 2.18. The minimum atomic E-state index is -3.54. The predicted molar refractivity (Wildman–Crippen MR) is 82.4 cm³/mol. The largest absolute Gasteiger partial charge is 0.347 e. The molecule has 0 amide bonds. The van der Waals surface area contributed by atoms with Crippen LogP contribution < -0.4 is 4.72 Å². The van der Waals surface area contributed by atoms with Gasteiger partial charge >= 0.3 is 0 Å². The Morgan fingerprint density at radius 1 is 1.24 bits per heavy atom. The summed E-state index contributed by atoms with van der Waals surface area (Å²) in [7, 11) is -3.54. The zero-order chi connectivity index (χ0) is 15.3. The Kier molecular flexibility index (Phi) is 5.14. The van der Waals surface area contributed by atoms with Crippen LogP contribution in [0.15, 0.2) is 41.6 Å². The van der Waals surface area contributed by atoms with Crippen LogP contribution in [0.5, 0.6) is 0 Å². The average Bonchev–Trinajstić information content (AvgIpc) is 3.00. The van der Waals surface area contributed by atoms with E-state index >= 15 is 0 Å². The highest BCUT2D eigenvalue weighted by molar-refractivity contribution is 7.89. The molecule has 0 fully saturated rings. The van der Waals surface area contributed by atoms with Crippen LogP contribution in [0.1, 0.15) is 44.1 Å². The molecule has 0 bridgehead atoms. The van der Waals surface area contributed by atoms with Crippen molar-refractivity contribution in [2.24, 2.45) is 0 Å². The van der Waals surface area contributed by atoms with E-state index in [9.17, 15) is 8.42 Å². The van der Waals surface area contributed by atoms with Gasteiger partial charge in [-0.1, -0.05) is 32.4 Å². The monoisotopic (exact) mass is 307 g/mol. The van der Waals surface area contributed by atoms with E-state index in [1.807, 2.05) is 19.1 Å². The fraction of sp³-hybridized carbons (Fsp3) is 0.400. The number of nitrogens with one attached hydrogen (secondary N) is 2. The standard InChI is InChI=1S/C15H21N3O2S/c1-3-5-12-6-8-13(9-7-12)21(19,20)18-14(4-2)15-16-10-11-17-15/h6-11,14,18H,3-5H2,1-2H3,(H,16,17). The number of aryl methyl sites for hydroxylation is 1. The van der Waals surface area contributed by atoms with E-state index in [1.165, 1.54) is 0 Å². The lowest BCUT2D eigenvalue weighted by Crippen LogP contribution is -2.29. The third-order valence-electron chi connectivity index (χ3n) is 3.33. The second-order valence-electron chi connectivity index (χ2n) is 4.95. The second kappa shape index (κ2) is 6.87. The topological polar surface area (TPSA) is 74.8 Å². The first-order chi connectivity index (χ1) is 10.1. The van der Waals surface area contributed by atoms with Gasteiger partial charge in [0.05, 0.1) is 10.9 Å². The third-order valence-corrected chi connectivity index (χ3v) is 4.82. The lowest BCUT2D eigenvalue weighted by molar-refractivity contribution is 0.539. The molecule has 5 nitrogen and oxygen atoms in total. The van der Waals surface area contributed by atoms with Crippen LogP contribution in [0.2, 0.25) is 0 Å². The summed E-state index contributed by atoms with van der Waals surface area (Å²) >= 11 is 0. The Morgan fingerprint density at radius 3 is 2.48 bits per heavy atom. The normalized spacial score (nSPS) is 13.2. The van der Waals surface area contributed by atoms with Crippen LogP contribution in [0.3, 0.4) is 0 Å². The molecule has 0 saturated heterocycles. The van der Waals surface area contributed by atoms with Crippen molar-refractivity contribution < 1.29 is 8.42 Å². The summed E-state index contributed by atoms with van der Waals surface area (Å²) < 4.78 is 27.5. The summed E-state index contributed by atoms with van der Waals surface area (Å²) in [5, 5.41) is 0. The molecule has 0 aliphatic rings.